The van der Waals surface area contributed by atoms with E-state index in [-0.39, 0.29) is 5.91 Å². The summed E-state index contributed by atoms with van der Waals surface area (Å²) < 4.78 is 1.71. The Morgan fingerprint density at radius 1 is 1.26 bits per heavy atom. The van der Waals surface area contributed by atoms with Crippen molar-refractivity contribution >= 4 is 17.3 Å². The normalized spacial score (nSPS) is 10.3. The minimum absolute atomic E-state index is 0.183. The second-order valence-electron chi connectivity index (χ2n) is 4.16. The van der Waals surface area contributed by atoms with Gasteiger partial charge < -0.3 is 16.8 Å². The third kappa shape index (κ3) is 3.70. The molecule has 2 aromatic rings. The van der Waals surface area contributed by atoms with E-state index in [1.807, 2.05) is 0 Å². The first-order valence-electron chi connectivity index (χ1n) is 5.93. The summed E-state index contributed by atoms with van der Waals surface area (Å²) >= 11 is 0. The summed E-state index contributed by atoms with van der Waals surface area (Å²) in [5.74, 6) is -0.183. The Labute approximate surface area is 110 Å². The lowest BCUT2D eigenvalue weighted by molar-refractivity contribution is 0.0952. The zero-order chi connectivity index (χ0) is 13.7. The van der Waals surface area contributed by atoms with Gasteiger partial charge in [-0.3, -0.25) is 9.48 Å². The van der Waals surface area contributed by atoms with Gasteiger partial charge in [0.2, 0.25) is 0 Å². The molecule has 0 fully saturated rings. The highest BCUT2D eigenvalue weighted by molar-refractivity contribution is 5.96. The predicted molar refractivity (Wildman–Crippen MR) is 72.2 cm³/mol. The molecule has 1 amide bonds. The maximum absolute atomic E-state index is 11.9. The lowest BCUT2D eigenvalue weighted by Crippen LogP contribution is -2.25. The Bertz CT molecular complexity index is 531. The van der Waals surface area contributed by atoms with Gasteiger partial charge in [-0.1, -0.05) is 5.21 Å². The molecule has 2 rings (SSSR count). The largest absolute Gasteiger partial charge is 0.399 e. The van der Waals surface area contributed by atoms with Crippen molar-refractivity contribution in [2.24, 2.45) is 0 Å². The van der Waals surface area contributed by atoms with Gasteiger partial charge in [-0.2, -0.15) is 0 Å². The van der Waals surface area contributed by atoms with Gasteiger partial charge in [0, 0.05) is 36.2 Å². The Balaban J connectivity index is 1.80. The average molecular weight is 260 g/mol. The van der Waals surface area contributed by atoms with Crippen LogP contribution in [0, 0.1) is 0 Å². The van der Waals surface area contributed by atoms with E-state index in [1.54, 1.807) is 35.3 Å². The number of nitrogens with zero attached hydrogens (tertiary/aromatic N) is 3. The molecular formula is C12H16N6O. The van der Waals surface area contributed by atoms with Crippen LogP contribution in [0.15, 0.2) is 30.6 Å². The predicted octanol–water partition coefficient (Wildman–Crippen LogP) is 0.263. The Morgan fingerprint density at radius 3 is 2.63 bits per heavy atom. The van der Waals surface area contributed by atoms with Crippen LogP contribution in [-0.2, 0) is 6.54 Å². The Kier molecular flexibility index (Phi) is 3.97. The standard InChI is InChI=1S/C12H16N6O/c13-10-6-9(7-11(14)8-10)12(19)15-2-1-4-18-5-3-16-17-18/h3,5-8H,1-2,4,13-14H2,(H,15,19). The van der Waals surface area contributed by atoms with E-state index in [0.29, 0.717) is 30.0 Å². The fraction of sp³-hybridized carbons (Fsp3) is 0.250. The smallest absolute Gasteiger partial charge is 0.251 e. The molecule has 100 valence electrons. The molecule has 7 nitrogen and oxygen atoms in total. The SMILES string of the molecule is Nc1cc(N)cc(C(=O)NCCCn2ccnn2)c1. The second-order valence-corrected chi connectivity index (χ2v) is 4.16. The lowest BCUT2D eigenvalue weighted by Gasteiger charge is -2.07. The fourth-order valence-electron chi connectivity index (χ4n) is 1.70. The number of rotatable bonds is 5. The summed E-state index contributed by atoms with van der Waals surface area (Å²) in [7, 11) is 0. The number of carbonyl (C=O) groups is 1. The van der Waals surface area contributed by atoms with Crippen molar-refractivity contribution in [3.8, 4) is 0 Å². The van der Waals surface area contributed by atoms with Gasteiger partial charge in [0.15, 0.2) is 0 Å². The number of benzene rings is 1. The molecule has 0 saturated heterocycles. The first-order valence-corrected chi connectivity index (χ1v) is 5.93. The lowest BCUT2D eigenvalue weighted by atomic mass is 10.1. The number of amides is 1. The number of nitrogens with one attached hydrogen (secondary N) is 1. The molecular weight excluding hydrogens is 244 g/mol. The van der Waals surface area contributed by atoms with Crippen LogP contribution in [0.1, 0.15) is 16.8 Å². The van der Waals surface area contributed by atoms with Gasteiger partial charge in [-0.05, 0) is 24.6 Å². The van der Waals surface area contributed by atoms with E-state index in [2.05, 4.69) is 15.6 Å². The van der Waals surface area contributed by atoms with E-state index in [0.717, 1.165) is 6.42 Å². The third-order valence-electron chi connectivity index (χ3n) is 2.56. The minimum atomic E-state index is -0.183. The maximum atomic E-state index is 11.9. The molecule has 0 radical (unpaired) electrons. The van der Waals surface area contributed by atoms with Crippen molar-refractivity contribution in [2.75, 3.05) is 18.0 Å². The molecule has 0 bridgehead atoms. The molecule has 0 aliphatic heterocycles. The van der Waals surface area contributed by atoms with Gasteiger partial charge in [0.05, 0.1) is 6.20 Å². The molecule has 0 unspecified atom stereocenters. The Morgan fingerprint density at radius 2 is 2.00 bits per heavy atom. The summed E-state index contributed by atoms with van der Waals surface area (Å²) in [5, 5.41) is 10.3. The van der Waals surface area contributed by atoms with Crippen molar-refractivity contribution < 1.29 is 4.79 Å². The van der Waals surface area contributed by atoms with Crippen LogP contribution in [0.3, 0.4) is 0 Å². The highest BCUT2D eigenvalue weighted by Crippen LogP contribution is 2.13. The van der Waals surface area contributed by atoms with Crippen molar-refractivity contribution in [3.05, 3.63) is 36.2 Å². The molecule has 1 heterocycles. The molecule has 5 N–H and O–H groups in total. The summed E-state index contributed by atoms with van der Waals surface area (Å²) in [4.78, 5) is 11.9. The number of aryl methyl sites for hydroxylation is 1. The number of hydrogen-bond acceptors (Lipinski definition) is 5. The minimum Gasteiger partial charge on any atom is -0.399 e. The van der Waals surface area contributed by atoms with E-state index in [1.165, 1.54) is 0 Å². The van der Waals surface area contributed by atoms with Gasteiger partial charge in [-0.25, -0.2) is 0 Å². The van der Waals surface area contributed by atoms with Crippen LogP contribution in [0.5, 0.6) is 0 Å². The van der Waals surface area contributed by atoms with Crippen LogP contribution in [-0.4, -0.2) is 27.4 Å². The Hall–Kier alpha value is -2.57. The molecule has 0 saturated carbocycles. The van der Waals surface area contributed by atoms with Crippen molar-refractivity contribution in [2.45, 2.75) is 13.0 Å². The van der Waals surface area contributed by atoms with E-state index in [4.69, 9.17) is 11.5 Å². The number of anilines is 2. The van der Waals surface area contributed by atoms with E-state index < -0.39 is 0 Å². The van der Waals surface area contributed by atoms with Crippen molar-refractivity contribution in [3.63, 3.8) is 0 Å². The highest BCUT2D eigenvalue weighted by atomic mass is 16.1. The second kappa shape index (κ2) is 5.85. The maximum Gasteiger partial charge on any atom is 0.251 e. The van der Waals surface area contributed by atoms with E-state index in [9.17, 15) is 4.79 Å². The summed E-state index contributed by atoms with van der Waals surface area (Å²) in [6.45, 7) is 1.26. The summed E-state index contributed by atoms with van der Waals surface area (Å²) in [6.07, 6.45) is 4.17. The zero-order valence-electron chi connectivity index (χ0n) is 10.4. The molecule has 7 heteroatoms. The van der Waals surface area contributed by atoms with E-state index >= 15 is 0 Å². The molecule has 19 heavy (non-hydrogen) atoms. The molecule has 0 aliphatic carbocycles. The topological polar surface area (TPSA) is 112 Å². The number of carbonyl (C=O) groups excluding carboxylic acids is 1. The van der Waals surface area contributed by atoms with Gasteiger partial charge in [0.25, 0.3) is 5.91 Å². The van der Waals surface area contributed by atoms with Gasteiger partial charge >= 0.3 is 0 Å². The van der Waals surface area contributed by atoms with Crippen molar-refractivity contribution in [1.29, 1.82) is 0 Å². The van der Waals surface area contributed by atoms with Crippen LogP contribution in [0.25, 0.3) is 0 Å². The number of aromatic nitrogens is 3. The first-order chi connectivity index (χ1) is 9.15. The molecule has 1 aromatic carbocycles. The van der Waals surface area contributed by atoms with Crippen LogP contribution in [0.2, 0.25) is 0 Å². The fourth-order valence-corrected chi connectivity index (χ4v) is 1.70. The monoisotopic (exact) mass is 260 g/mol. The molecule has 0 atom stereocenters. The third-order valence-corrected chi connectivity index (χ3v) is 2.56. The summed E-state index contributed by atoms with van der Waals surface area (Å²) in [5.41, 5.74) is 12.7. The zero-order valence-corrected chi connectivity index (χ0v) is 10.4. The number of nitrogen functional groups attached to an aromatic ring is 2. The van der Waals surface area contributed by atoms with Gasteiger partial charge in [0.1, 0.15) is 0 Å². The summed E-state index contributed by atoms with van der Waals surface area (Å²) in [6, 6.07) is 4.81. The number of nitrogens with two attached hydrogens (primary N) is 2. The van der Waals surface area contributed by atoms with Crippen molar-refractivity contribution in [1.82, 2.24) is 20.3 Å². The molecule has 1 aromatic heterocycles. The number of hydrogen-bond donors (Lipinski definition) is 3. The van der Waals surface area contributed by atoms with Crippen LogP contribution >= 0.6 is 0 Å². The quantitative estimate of drug-likeness (QED) is 0.527. The average Bonchev–Trinajstić information content (AvgIpc) is 2.86. The molecule has 0 aliphatic rings. The highest BCUT2D eigenvalue weighted by Gasteiger charge is 2.06. The van der Waals surface area contributed by atoms with Crippen LogP contribution < -0.4 is 16.8 Å². The van der Waals surface area contributed by atoms with Gasteiger partial charge in [-0.15, -0.1) is 5.10 Å². The molecule has 0 spiro atoms. The van der Waals surface area contributed by atoms with Crippen LogP contribution in [0.4, 0.5) is 11.4 Å². The first kappa shape index (κ1) is 12.9.